The van der Waals surface area contributed by atoms with Crippen LogP contribution < -0.4 is 9.47 Å². The van der Waals surface area contributed by atoms with Gasteiger partial charge in [0.05, 0.1) is 30.9 Å². The van der Waals surface area contributed by atoms with Gasteiger partial charge < -0.3 is 14.4 Å². The Morgan fingerprint density at radius 3 is 3.00 bits per heavy atom. The van der Waals surface area contributed by atoms with Crippen LogP contribution in [0.25, 0.3) is 10.7 Å². The topological polar surface area (TPSA) is 80.3 Å². The van der Waals surface area contributed by atoms with Crippen molar-refractivity contribution in [3.8, 4) is 22.2 Å². The molecule has 1 atom stereocenters. The average Bonchev–Trinajstić information content (AvgIpc) is 3.52. The van der Waals surface area contributed by atoms with E-state index in [1.165, 1.54) is 11.8 Å². The first-order chi connectivity index (χ1) is 14.2. The second-order valence-corrected chi connectivity index (χ2v) is 8.48. The summed E-state index contributed by atoms with van der Waals surface area (Å²) in [6.07, 6.45) is 1.87. The number of carbonyl (C=O) groups excluding carboxylic acids is 1. The molecule has 1 aliphatic rings. The van der Waals surface area contributed by atoms with Gasteiger partial charge >= 0.3 is 0 Å². The Hall–Kier alpha value is -2.52. The molecule has 1 fully saturated rings. The summed E-state index contributed by atoms with van der Waals surface area (Å²) in [5, 5.41) is 9.74. The number of nitrogens with zero attached hydrogens (tertiary/aromatic N) is 3. The third-order valence-electron chi connectivity index (χ3n) is 4.91. The average molecular weight is 431 g/mol. The SMILES string of the molecule is COc1ccc(OC)c([C@H]2CCCN2C(=O)CSc2n[nH]c(-c3cccs3)n2)c1. The largest absolute Gasteiger partial charge is 0.497 e. The fourth-order valence-electron chi connectivity index (χ4n) is 3.53. The molecule has 0 aliphatic carbocycles. The number of aromatic nitrogens is 3. The summed E-state index contributed by atoms with van der Waals surface area (Å²) >= 11 is 2.95. The Morgan fingerprint density at radius 1 is 1.34 bits per heavy atom. The van der Waals surface area contributed by atoms with Gasteiger partial charge in [-0.2, -0.15) is 0 Å². The highest BCUT2D eigenvalue weighted by atomic mass is 32.2. The molecule has 0 unspecified atom stereocenters. The summed E-state index contributed by atoms with van der Waals surface area (Å²) in [6, 6.07) is 9.67. The first kappa shape index (κ1) is 19.8. The van der Waals surface area contributed by atoms with Crippen LogP contribution in [0.2, 0.25) is 0 Å². The predicted octanol–water partition coefficient (Wildman–Crippen LogP) is 4.01. The summed E-state index contributed by atoms with van der Waals surface area (Å²) in [5.41, 5.74) is 0.987. The van der Waals surface area contributed by atoms with E-state index in [0.29, 0.717) is 10.9 Å². The number of rotatable bonds is 7. The maximum atomic E-state index is 13.0. The molecule has 1 aromatic carbocycles. The lowest BCUT2D eigenvalue weighted by Crippen LogP contribution is -2.32. The van der Waals surface area contributed by atoms with Crippen LogP contribution in [0.1, 0.15) is 24.4 Å². The summed E-state index contributed by atoms with van der Waals surface area (Å²) in [6.45, 7) is 0.735. The molecule has 152 valence electrons. The molecule has 1 amide bonds. The van der Waals surface area contributed by atoms with Crippen molar-refractivity contribution in [2.45, 2.75) is 24.0 Å². The van der Waals surface area contributed by atoms with E-state index in [-0.39, 0.29) is 11.9 Å². The third-order valence-corrected chi connectivity index (χ3v) is 6.62. The van der Waals surface area contributed by atoms with E-state index in [0.717, 1.165) is 47.2 Å². The maximum Gasteiger partial charge on any atom is 0.233 e. The van der Waals surface area contributed by atoms with E-state index in [4.69, 9.17) is 9.47 Å². The van der Waals surface area contributed by atoms with Crippen molar-refractivity contribution in [3.05, 3.63) is 41.3 Å². The maximum absolute atomic E-state index is 13.0. The second kappa shape index (κ2) is 8.87. The lowest BCUT2D eigenvalue weighted by Gasteiger charge is -2.26. The number of H-pyrrole nitrogens is 1. The van der Waals surface area contributed by atoms with Crippen molar-refractivity contribution in [2.24, 2.45) is 0 Å². The number of ether oxygens (including phenoxy) is 2. The first-order valence-electron chi connectivity index (χ1n) is 9.30. The van der Waals surface area contributed by atoms with Gasteiger partial charge in [-0.25, -0.2) is 4.98 Å². The van der Waals surface area contributed by atoms with Crippen LogP contribution in [-0.4, -0.2) is 52.5 Å². The van der Waals surface area contributed by atoms with Crippen LogP contribution >= 0.6 is 23.1 Å². The number of hydrogen-bond donors (Lipinski definition) is 1. The van der Waals surface area contributed by atoms with Gasteiger partial charge in [0, 0.05) is 12.1 Å². The highest BCUT2D eigenvalue weighted by Crippen LogP contribution is 2.39. The van der Waals surface area contributed by atoms with Gasteiger partial charge in [0.15, 0.2) is 5.82 Å². The number of methoxy groups -OCH3 is 2. The molecule has 1 saturated heterocycles. The number of thiophene rings is 1. The van der Waals surface area contributed by atoms with Gasteiger partial charge in [-0.05, 0) is 42.5 Å². The van der Waals surface area contributed by atoms with Crippen LogP contribution in [0.5, 0.6) is 11.5 Å². The molecule has 9 heteroatoms. The molecule has 0 radical (unpaired) electrons. The standard InChI is InChI=1S/C20H22N4O3S2/c1-26-13-7-8-16(27-2)14(11-13)15-5-3-9-24(15)18(25)12-29-20-21-19(22-23-20)17-6-4-10-28-17/h4,6-8,10-11,15H,3,5,9,12H2,1-2H3,(H,21,22,23)/t15-/m1/s1. The third kappa shape index (κ3) is 4.25. The number of amides is 1. The zero-order valence-corrected chi connectivity index (χ0v) is 17.9. The monoisotopic (exact) mass is 430 g/mol. The number of benzene rings is 1. The van der Waals surface area contributed by atoms with Crippen LogP contribution in [0.3, 0.4) is 0 Å². The highest BCUT2D eigenvalue weighted by Gasteiger charge is 2.32. The van der Waals surface area contributed by atoms with Crippen LogP contribution in [0.15, 0.2) is 40.9 Å². The van der Waals surface area contributed by atoms with E-state index in [1.807, 2.05) is 40.6 Å². The number of likely N-dealkylation sites (tertiary alicyclic amines) is 1. The molecule has 2 aromatic heterocycles. The molecular formula is C20H22N4O3S2. The smallest absolute Gasteiger partial charge is 0.233 e. The zero-order chi connectivity index (χ0) is 20.2. The first-order valence-corrected chi connectivity index (χ1v) is 11.2. The number of carbonyl (C=O) groups is 1. The van der Waals surface area contributed by atoms with Gasteiger partial charge in [-0.3, -0.25) is 9.89 Å². The van der Waals surface area contributed by atoms with Crippen molar-refractivity contribution in [1.29, 1.82) is 0 Å². The van der Waals surface area contributed by atoms with Crippen molar-refractivity contribution in [2.75, 3.05) is 26.5 Å². The number of aromatic amines is 1. The second-order valence-electron chi connectivity index (χ2n) is 6.59. The summed E-state index contributed by atoms with van der Waals surface area (Å²) in [5.74, 6) is 2.64. The van der Waals surface area contributed by atoms with Crippen molar-refractivity contribution >= 4 is 29.0 Å². The fraction of sp³-hybridized carbons (Fsp3) is 0.350. The molecule has 1 N–H and O–H groups in total. The van der Waals surface area contributed by atoms with E-state index < -0.39 is 0 Å². The van der Waals surface area contributed by atoms with E-state index in [2.05, 4.69) is 15.2 Å². The molecule has 4 rings (SSSR count). The molecule has 7 nitrogen and oxygen atoms in total. The molecule has 0 bridgehead atoms. The molecular weight excluding hydrogens is 408 g/mol. The summed E-state index contributed by atoms with van der Waals surface area (Å²) in [7, 11) is 3.29. The minimum Gasteiger partial charge on any atom is -0.497 e. The van der Waals surface area contributed by atoms with Crippen LogP contribution in [0, 0.1) is 0 Å². The quantitative estimate of drug-likeness (QED) is 0.571. The summed E-state index contributed by atoms with van der Waals surface area (Å²) < 4.78 is 10.9. The normalized spacial score (nSPS) is 16.2. The minimum absolute atomic E-state index is 0.0121. The van der Waals surface area contributed by atoms with Gasteiger partial charge in [0.25, 0.3) is 0 Å². The Morgan fingerprint density at radius 2 is 2.24 bits per heavy atom. The number of thioether (sulfide) groups is 1. The Kier molecular flexibility index (Phi) is 6.05. The van der Waals surface area contributed by atoms with E-state index >= 15 is 0 Å². The molecule has 3 aromatic rings. The number of nitrogens with one attached hydrogen (secondary N) is 1. The van der Waals surface area contributed by atoms with Gasteiger partial charge in [-0.15, -0.1) is 16.4 Å². The van der Waals surface area contributed by atoms with Gasteiger partial charge in [0.1, 0.15) is 11.5 Å². The lowest BCUT2D eigenvalue weighted by molar-refractivity contribution is -0.129. The Bertz CT molecular complexity index is 974. The zero-order valence-electron chi connectivity index (χ0n) is 16.3. The molecule has 3 heterocycles. The Balaban J connectivity index is 1.44. The molecule has 1 aliphatic heterocycles. The molecule has 0 saturated carbocycles. The predicted molar refractivity (Wildman–Crippen MR) is 114 cm³/mol. The lowest BCUT2D eigenvalue weighted by atomic mass is 10.0. The van der Waals surface area contributed by atoms with Crippen molar-refractivity contribution in [3.63, 3.8) is 0 Å². The minimum atomic E-state index is -0.0121. The summed E-state index contributed by atoms with van der Waals surface area (Å²) in [4.78, 5) is 20.4. The van der Waals surface area contributed by atoms with Crippen molar-refractivity contribution in [1.82, 2.24) is 20.1 Å². The van der Waals surface area contributed by atoms with Gasteiger partial charge in [0.2, 0.25) is 11.1 Å². The fourth-order valence-corrected chi connectivity index (χ4v) is 4.88. The molecule has 29 heavy (non-hydrogen) atoms. The van der Waals surface area contributed by atoms with Crippen LogP contribution in [0.4, 0.5) is 0 Å². The van der Waals surface area contributed by atoms with E-state index in [9.17, 15) is 4.79 Å². The van der Waals surface area contributed by atoms with Crippen LogP contribution in [-0.2, 0) is 4.79 Å². The highest BCUT2D eigenvalue weighted by molar-refractivity contribution is 7.99. The van der Waals surface area contributed by atoms with Gasteiger partial charge in [-0.1, -0.05) is 17.8 Å². The Labute approximate surface area is 177 Å². The number of hydrogen-bond acceptors (Lipinski definition) is 7. The molecule has 0 spiro atoms. The van der Waals surface area contributed by atoms with E-state index in [1.54, 1.807) is 25.6 Å². The van der Waals surface area contributed by atoms with Crippen molar-refractivity contribution < 1.29 is 14.3 Å².